The first-order chi connectivity index (χ1) is 12.7. The number of benzene rings is 1. The Hall–Kier alpha value is -3.03. The molecule has 0 atom stereocenters. The van der Waals surface area contributed by atoms with Crippen LogP contribution in [0, 0.1) is 5.82 Å². The normalized spacial score (nSPS) is 14.4. The zero-order valence-electron chi connectivity index (χ0n) is 15.4. The Labute approximate surface area is 156 Å². The average Bonchev–Trinajstić information content (AvgIpc) is 2.56. The molecule has 2 aromatic rings. The van der Waals surface area contributed by atoms with Crippen molar-refractivity contribution < 1.29 is 18.7 Å². The SMILES string of the molecule is CC(C)(C)OC(=O)N1CC(NC(=O)c2cnc(-c3cccc(F)c3)nc2)C1. The first-order valence-electron chi connectivity index (χ1n) is 8.58. The first kappa shape index (κ1) is 18.8. The third-order valence-corrected chi connectivity index (χ3v) is 3.87. The van der Waals surface area contributed by atoms with Crippen LogP contribution in [0.4, 0.5) is 9.18 Å². The molecule has 27 heavy (non-hydrogen) atoms. The van der Waals surface area contributed by atoms with Crippen LogP contribution in [0.1, 0.15) is 31.1 Å². The van der Waals surface area contributed by atoms with Gasteiger partial charge in [-0.2, -0.15) is 0 Å². The average molecular weight is 372 g/mol. The van der Waals surface area contributed by atoms with Crippen molar-refractivity contribution in [3.63, 3.8) is 0 Å². The van der Waals surface area contributed by atoms with Gasteiger partial charge in [0.1, 0.15) is 11.4 Å². The highest BCUT2D eigenvalue weighted by Gasteiger charge is 2.34. The monoisotopic (exact) mass is 372 g/mol. The van der Waals surface area contributed by atoms with Crippen LogP contribution in [0.3, 0.4) is 0 Å². The van der Waals surface area contributed by atoms with Crippen LogP contribution in [0.15, 0.2) is 36.7 Å². The summed E-state index contributed by atoms with van der Waals surface area (Å²) < 4.78 is 18.5. The number of hydrogen-bond acceptors (Lipinski definition) is 5. The lowest BCUT2D eigenvalue weighted by Gasteiger charge is -2.39. The Balaban J connectivity index is 1.53. The number of aromatic nitrogens is 2. The van der Waals surface area contributed by atoms with Crippen molar-refractivity contribution in [3.8, 4) is 11.4 Å². The van der Waals surface area contributed by atoms with Gasteiger partial charge in [0.2, 0.25) is 0 Å². The van der Waals surface area contributed by atoms with E-state index in [0.29, 0.717) is 30.0 Å². The van der Waals surface area contributed by atoms with Crippen LogP contribution < -0.4 is 5.32 Å². The molecular weight excluding hydrogens is 351 g/mol. The summed E-state index contributed by atoms with van der Waals surface area (Å²) in [7, 11) is 0. The largest absolute Gasteiger partial charge is 0.444 e. The standard InChI is InChI=1S/C19H21FN4O3/c1-19(2,3)27-18(26)24-10-15(11-24)23-17(25)13-8-21-16(22-9-13)12-5-4-6-14(20)7-12/h4-9,15H,10-11H2,1-3H3,(H,23,25). The molecule has 0 unspecified atom stereocenters. The highest BCUT2D eigenvalue weighted by atomic mass is 19.1. The number of carbonyl (C=O) groups excluding carboxylic acids is 2. The van der Waals surface area contributed by atoms with Crippen LogP contribution in [0.2, 0.25) is 0 Å². The molecule has 0 saturated carbocycles. The van der Waals surface area contributed by atoms with Crippen molar-refractivity contribution in [1.29, 1.82) is 0 Å². The Morgan fingerprint density at radius 2 is 1.89 bits per heavy atom. The van der Waals surface area contributed by atoms with Gasteiger partial charge in [-0.05, 0) is 32.9 Å². The van der Waals surface area contributed by atoms with E-state index in [1.54, 1.807) is 32.9 Å². The van der Waals surface area contributed by atoms with Crippen LogP contribution >= 0.6 is 0 Å². The van der Waals surface area contributed by atoms with Crippen LogP contribution in [-0.2, 0) is 4.74 Å². The zero-order valence-corrected chi connectivity index (χ0v) is 15.4. The molecule has 1 aliphatic rings. The predicted octanol–water partition coefficient (Wildman–Crippen LogP) is 2.63. The number of ether oxygens (including phenoxy) is 1. The number of nitrogens with zero attached hydrogens (tertiary/aromatic N) is 3. The smallest absolute Gasteiger partial charge is 0.410 e. The summed E-state index contributed by atoms with van der Waals surface area (Å²) >= 11 is 0. The van der Waals surface area contributed by atoms with Crippen molar-refractivity contribution >= 4 is 12.0 Å². The van der Waals surface area contributed by atoms with Gasteiger partial charge in [0.05, 0.1) is 11.6 Å². The lowest BCUT2D eigenvalue weighted by Crippen LogP contribution is -2.61. The van der Waals surface area contributed by atoms with Gasteiger partial charge in [-0.3, -0.25) is 4.79 Å². The van der Waals surface area contributed by atoms with E-state index in [-0.39, 0.29) is 17.8 Å². The molecule has 2 amide bonds. The second-order valence-corrected chi connectivity index (χ2v) is 7.36. The van der Waals surface area contributed by atoms with Gasteiger partial charge in [-0.15, -0.1) is 0 Å². The molecular formula is C19H21FN4O3. The van der Waals surface area contributed by atoms with Crippen molar-refractivity contribution in [3.05, 3.63) is 48.0 Å². The van der Waals surface area contributed by atoms with Crippen molar-refractivity contribution in [2.75, 3.05) is 13.1 Å². The first-order valence-corrected chi connectivity index (χ1v) is 8.58. The van der Waals surface area contributed by atoms with E-state index >= 15 is 0 Å². The molecule has 1 aromatic carbocycles. The number of amides is 2. The number of halogens is 1. The second kappa shape index (κ2) is 7.30. The molecule has 8 heteroatoms. The highest BCUT2D eigenvalue weighted by molar-refractivity contribution is 5.94. The van der Waals surface area contributed by atoms with Crippen LogP contribution in [0.5, 0.6) is 0 Å². The van der Waals surface area contributed by atoms with Gasteiger partial charge in [-0.25, -0.2) is 19.2 Å². The fourth-order valence-corrected chi connectivity index (χ4v) is 2.54. The summed E-state index contributed by atoms with van der Waals surface area (Å²) in [5.74, 6) is -0.363. The lowest BCUT2D eigenvalue weighted by molar-refractivity contribution is 0.00532. The number of likely N-dealkylation sites (tertiary alicyclic amines) is 1. The van der Waals surface area contributed by atoms with Gasteiger partial charge in [-0.1, -0.05) is 12.1 Å². The van der Waals surface area contributed by atoms with Gasteiger partial charge in [0, 0.05) is 31.0 Å². The molecule has 2 heterocycles. The fourth-order valence-electron chi connectivity index (χ4n) is 2.54. The molecule has 7 nitrogen and oxygen atoms in total. The van der Waals surface area contributed by atoms with E-state index < -0.39 is 11.7 Å². The van der Waals surface area contributed by atoms with Crippen molar-refractivity contribution in [2.45, 2.75) is 32.4 Å². The van der Waals surface area contributed by atoms with Gasteiger partial charge in [0.25, 0.3) is 5.91 Å². The fraction of sp³-hybridized carbons (Fsp3) is 0.368. The van der Waals surface area contributed by atoms with E-state index in [0.717, 1.165) is 0 Å². The van der Waals surface area contributed by atoms with Gasteiger partial charge >= 0.3 is 6.09 Å². The molecule has 1 aromatic heterocycles. The van der Waals surface area contributed by atoms with E-state index in [1.165, 1.54) is 29.4 Å². The summed E-state index contributed by atoms with van der Waals surface area (Å²) in [6, 6.07) is 5.78. The molecule has 1 fully saturated rings. The number of nitrogens with one attached hydrogen (secondary N) is 1. The maximum atomic E-state index is 13.3. The van der Waals surface area contributed by atoms with E-state index in [4.69, 9.17) is 4.74 Å². The van der Waals surface area contributed by atoms with Crippen molar-refractivity contribution in [1.82, 2.24) is 20.2 Å². The van der Waals surface area contributed by atoms with Gasteiger partial charge < -0.3 is 15.0 Å². The minimum absolute atomic E-state index is 0.145. The maximum Gasteiger partial charge on any atom is 0.410 e. The minimum atomic E-state index is -0.549. The van der Waals surface area contributed by atoms with Crippen molar-refractivity contribution in [2.24, 2.45) is 0 Å². The Bertz CT molecular complexity index is 843. The zero-order chi connectivity index (χ0) is 19.6. The summed E-state index contributed by atoms with van der Waals surface area (Å²) in [4.78, 5) is 33.9. The molecule has 0 bridgehead atoms. The molecule has 0 aliphatic carbocycles. The molecule has 1 saturated heterocycles. The number of carbonyl (C=O) groups is 2. The highest BCUT2D eigenvalue weighted by Crippen LogP contribution is 2.17. The summed E-state index contributed by atoms with van der Waals surface area (Å²) in [6.07, 6.45) is 2.40. The molecule has 142 valence electrons. The Kier molecular flexibility index (Phi) is 5.07. The molecule has 1 N–H and O–H groups in total. The molecule has 3 rings (SSSR count). The van der Waals surface area contributed by atoms with Crippen LogP contribution in [0.25, 0.3) is 11.4 Å². The second-order valence-electron chi connectivity index (χ2n) is 7.36. The van der Waals surface area contributed by atoms with E-state index in [1.807, 2.05) is 0 Å². The summed E-state index contributed by atoms with van der Waals surface area (Å²) in [6.45, 7) is 6.19. The minimum Gasteiger partial charge on any atom is -0.444 e. The third-order valence-electron chi connectivity index (χ3n) is 3.87. The Morgan fingerprint density at radius 1 is 1.22 bits per heavy atom. The number of hydrogen-bond donors (Lipinski definition) is 1. The summed E-state index contributed by atoms with van der Waals surface area (Å²) in [5.41, 5.74) is 0.284. The molecule has 0 spiro atoms. The van der Waals surface area contributed by atoms with Crippen LogP contribution in [-0.4, -0.2) is 51.6 Å². The quantitative estimate of drug-likeness (QED) is 0.895. The topological polar surface area (TPSA) is 84.4 Å². The third kappa shape index (κ3) is 4.78. The molecule has 1 aliphatic heterocycles. The Morgan fingerprint density at radius 3 is 2.48 bits per heavy atom. The van der Waals surface area contributed by atoms with E-state index in [2.05, 4.69) is 15.3 Å². The molecule has 0 radical (unpaired) electrons. The maximum absolute atomic E-state index is 13.3. The lowest BCUT2D eigenvalue weighted by atomic mass is 10.1. The van der Waals surface area contributed by atoms with Gasteiger partial charge in [0.15, 0.2) is 5.82 Å². The van der Waals surface area contributed by atoms with E-state index in [9.17, 15) is 14.0 Å². The number of rotatable bonds is 3. The predicted molar refractivity (Wildman–Crippen MR) is 96.5 cm³/mol. The summed E-state index contributed by atoms with van der Waals surface area (Å²) in [5, 5.41) is 2.82.